The first-order chi connectivity index (χ1) is 12.5. The van der Waals surface area contributed by atoms with E-state index in [1.807, 2.05) is 36.7 Å². The van der Waals surface area contributed by atoms with Crippen molar-refractivity contribution in [2.45, 2.75) is 52.0 Å². The van der Waals surface area contributed by atoms with Gasteiger partial charge in [0.05, 0.1) is 22.5 Å². The Morgan fingerprint density at radius 3 is 2.46 bits per heavy atom. The van der Waals surface area contributed by atoms with Gasteiger partial charge in [-0.1, -0.05) is 37.3 Å². The van der Waals surface area contributed by atoms with Crippen LogP contribution < -0.4 is 5.32 Å². The molecule has 2 aromatic rings. The number of carbonyl (C=O) groups is 1. The van der Waals surface area contributed by atoms with E-state index >= 15 is 0 Å². The second-order valence-corrected chi connectivity index (χ2v) is 7.47. The van der Waals surface area contributed by atoms with Crippen molar-refractivity contribution >= 4 is 11.6 Å². The third kappa shape index (κ3) is 3.40. The van der Waals surface area contributed by atoms with Crippen LogP contribution >= 0.6 is 0 Å². The van der Waals surface area contributed by atoms with E-state index in [2.05, 4.69) is 41.4 Å². The molecule has 0 radical (unpaired) electrons. The van der Waals surface area contributed by atoms with E-state index in [0.29, 0.717) is 0 Å². The zero-order valence-electron chi connectivity index (χ0n) is 16.4. The second kappa shape index (κ2) is 7.62. The highest BCUT2D eigenvalue weighted by molar-refractivity contribution is 6.00. The number of likely N-dealkylation sites (tertiary alicyclic amines) is 1. The summed E-state index contributed by atoms with van der Waals surface area (Å²) in [4.78, 5) is 15.8. The highest BCUT2D eigenvalue weighted by atomic mass is 16.2. The van der Waals surface area contributed by atoms with Crippen LogP contribution in [-0.4, -0.2) is 40.7 Å². The molecule has 1 saturated heterocycles. The summed E-state index contributed by atoms with van der Waals surface area (Å²) < 4.78 is 1.99. The maximum atomic E-state index is 13.5. The highest BCUT2D eigenvalue weighted by Crippen LogP contribution is 2.37. The van der Waals surface area contributed by atoms with Gasteiger partial charge in [-0.25, -0.2) is 0 Å². The number of hydrogen-bond acceptors (Lipinski definition) is 3. The fourth-order valence-corrected chi connectivity index (χ4v) is 3.94. The maximum absolute atomic E-state index is 13.5. The molecule has 1 fully saturated rings. The molecule has 0 atom stereocenters. The Kier molecular flexibility index (Phi) is 5.47. The topological polar surface area (TPSA) is 50.2 Å². The fraction of sp³-hybridized carbons (Fsp3) is 0.524. The molecule has 1 N–H and O–H groups in total. The number of carbonyl (C=O) groups excluding carboxylic acids is 1. The van der Waals surface area contributed by atoms with Gasteiger partial charge in [0.25, 0.3) is 0 Å². The molecule has 0 saturated carbocycles. The van der Waals surface area contributed by atoms with E-state index in [9.17, 15) is 4.79 Å². The van der Waals surface area contributed by atoms with Gasteiger partial charge in [-0.15, -0.1) is 0 Å². The fourth-order valence-electron chi connectivity index (χ4n) is 3.94. The second-order valence-electron chi connectivity index (χ2n) is 7.47. The Bertz CT molecular complexity index is 758. The van der Waals surface area contributed by atoms with Crippen molar-refractivity contribution in [2.75, 3.05) is 25.5 Å². The van der Waals surface area contributed by atoms with E-state index in [-0.39, 0.29) is 5.91 Å². The van der Waals surface area contributed by atoms with Crippen molar-refractivity contribution < 1.29 is 4.79 Å². The van der Waals surface area contributed by atoms with E-state index in [1.54, 1.807) is 0 Å². The molecule has 5 nitrogen and oxygen atoms in total. The van der Waals surface area contributed by atoms with Crippen molar-refractivity contribution in [3.63, 3.8) is 0 Å². The number of amides is 1. The summed E-state index contributed by atoms with van der Waals surface area (Å²) in [5, 5.41) is 7.84. The highest BCUT2D eigenvalue weighted by Gasteiger charge is 2.42. The Morgan fingerprint density at radius 2 is 1.85 bits per heavy atom. The zero-order valence-corrected chi connectivity index (χ0v) is 16.4. The van der Waals surface area contributed by atoms with Crippen LogP contribution in [0.2, 0.25) is 0 Å². The average Bonchev–Trinajstić information content (AvgIpc) is 2.91. The van der Waals surface area contributed by atoms with E-state index in [4.69, 9.17) is 0 Å². The number of nitrogens with one attached hydrogen (secondary N) is 1. The summed E-state index contributed by atoms with van der Waals surface area (Å²) in [6.45, 7) is 8.87. The van der Waals surface area contributed by atoms with Crippen molar-refractivity contribution in [1.82, 2.24) is 14.7 Å². The zero-order chi connectivity index (χ0) is 18.7. The number of hydrogen-bond donors (Lipinski definition) is 1. The molecule has 0 bridgehead atoms. The van der Waals surface area contributed by atoms with Crippen LogP contribution in [0.1, 0.15) is 43.1 Å². The standard InChI is InChI=1S/C21H30N4O/c1-5-13-25-17(3)19(16(2)23-25)22-20(26)21(11-14-24(4)15-12-21)18-9-7-6-8-10-18/h6-10H,5,11-15H2,1-4H3,(H,22,26). The average molecular weight is 354 g/mol. The lowest BCUT2D eigenvalue weighted by Gasteiger charge is -2.39. The van der Waals surface area contributed by atoms with E-state index in [0.717, 1.165) is 61.5 Å². The number of rotatable bonds is 5. The number of aromatic nitrogens is 2. The summed E-state index contributed by atoms with van der Waals surface area (Å²) in [6.07, 6.45) is 2.69. The molecule has 0 unspecified atom stereocenters. The first-order valence-corrected chi connectivity index (χ1v) is 9.57. The van der Waals surface area contributed by atoms with Crippen molar-refractivity contribution in [1.29, 1.82) is 0 Å². The van der Waals surface area contributed by atoms with Gasteiger partial charge in [-0.05, 0) is 58.8 Å². The molecule has 1 aliphatic heterocycles. The Morgan fingerprint density at radius 1 is 1.19 bits per heavy atom. The predicted molar refractivity (Wildman–Crippen MR) is 105 cm³/mol. The first-order valence-electron chi connectivity index (χ1n) is 9.57. The number of nitrogens with zero attached hydrogens (tertiary/aromatic N) is 3. The van der Waals surface area contributed by atoms with Gasteiger partial charge in [-0.2, -0.15) is 5.10 Å². The lowest BCUT2D eigenvalue weighted by Crippen LogP contribution is -2.48. The molecule has 0 aliphatic carbocycles. The molecule has 0 spiro atoms. The quantitative estimate of drug-likeness (QED) is 0.894. The molecule has 1 aliphatic rings. The molecule has 140 valence electrons. The largest absolute Gasteiger partial charge is 0.322 e. The van der Waals surface area contributed by atoms with Gasteiger partial charge in [0.2, 0.25) is 5.91 Å². The van der Waals surface area contributed by atoms with Gasteiger partial charge in [0, 0.05) is 6.54 Å². The normalized spacial score (nSPS) is 17.2. The Hall–Kier alpha value is -2.14. The Labute approximate surface area is 156 Å². The first kappa shape index (κ1) is 18.6. The van der Waals surface area contributed by atoms with Crippen molar-refractivity contribution in [2.24, 2.45) is 0 Å². The molecular weight excluding hydrogens is 324 g/mol. The van der Waals surface area contributed by atoms with Gasteiger partial charge >= 0.3 is 0 Å². The van der Waals surface area contributed by atoms with Gasteiger partial charge in [-0.3, -0.25) is 9.48 Å². The van der Waals surface area contributed by atoms with Crippen molar-refractivity contribution in [3.05, 3.63) is 47.3 Å². The van der Waals surface area contributed by atoms with E-state index < -0.39 is 5.41 Å². The predicted octanol–water partition coefficient (Wildman–Crippen LogP) is 3.51. The third-order valence-corrected chi connectivity index (χ3v) is 5.66. The minimum absolute atomic E-state index is 0.0963. The lowest BCUT2D eigenvalue weighted by atomic mass is 9.72. The molecule has 1 amide bonds. The molecule has 5 heteroatoms. The summed E-state index contributed by atoms with van der Waals surface area (Å²) >= 11 is 0. The lowest BCUT2D eigenvalue weighted by molar-refractivity contribution is -0.123. The third-order valence-electron chi connectivity index (χ3n) is 5.66. The number of aryl methyl sites for hydroxylation is 2. The summed E-state index contributed by atoms with van der Waals surface area (Å²) in [6, 6.07) is 10.2. The molecule has 1 aromatic heterocycles. The maximum Gasteiger partial charge on any atom is 0.235 e. The van der Waals surface area contributed by atoms with Crippen LogP contribution in [0.4, 0.5) is 5.69 Å². The number of benzene rings is 1. The van der Waals surface area contributed by atoms with E-state index in [1.165, 1.54) is 0 Å². The summed E-state index contributed by atoms with van der Waals surface area (Å²) in [7, 11) is 2.12. The van der Waals surface area contributed by atoms with Gasteiger partial charge in [0.15, 0.2) is 0 Å². The smallest absolute Gasteiger partial charge is 0.235 e. The van der Waals surface area contributed by atoms with Crippen LogP contribution in [0.5, 0.6) is 0 Å². The van der Waals surface area contributed by atoms with Gasteiger partial charge < -0.3 is 10.2 Å². The number of anilines is 1. The molecule has 1 aromatic carbocycles. The van der Waals surface area contributed by atoms with Crippen LogP contribution in [-0.2, 0) is 16.8 Å². The minimum Gasteiger partial charge on any atom is -0.322 e. The van der Waals surface area contributed by atoms with Crippen LogP contribution in [0.15, 0.2) is 30.3 Å². The molecule has 3 rings (SSSR count). The summed E-state index contributed by atoms with van der Waals surface area (Å²) in [5.41, 5.74) is 3.44. The van der Waals surface area contributed by atoms with Crippen LogP contribution in [0, 0.1) is 13.8 Å². The van der Waals surface area contributed by atoms with Gasteiger partial charge in [0.1, 0.15) is 0 Å². The molecule has 26 heavy (non-hydrogen) atoms. The minimum atomic E-state index is -0.473. The van der Waals surface area contributed by atoms with Crippen LogP contribution in [0.25, 0.3) is 0 Å². The monoisotopic (exact) mass is 354 g/mol. The molecule has 2 heterocycles. The van der Waals surface area contributed by atoms with Crippen LogP contribution in [0.3, 0.4) is 0 Å². The van der Waals surface area contributed by atoms with Crippen molar-refractivity contribution in [3.8, 4) is 0 Å². The summed E-state index contributed by atoms with van der Waals surface area (Å²) in [5.74, 6) is 0.0963. The molecular formula is C21H30N4O. The Balaban J connectivity index is 1.92. The SMILES string of the molecule is CCCn1nc(C)c(NC(=O)C2(c3ccccc3)CCN(C)CC2)c1C. The number of piperidine rings is 1.